The summed E-state index contributed by atoms with van der Waals surface area (Å²) in [5, 5.41) is 10.8. The van der Waals surface area contributed by atoms with Gasteiger partial charge in [-0.3, -0.25) is 0 Å². The first-order valence-corrected chi connectivity index (χ1v) is 4.70. The van der Waals surface area contributed by atoms with Gasteiger partial charge in [0.25, 0.3) is 0 Å². The lowest BCUT2D eigenvalue weighted by molar-refractivity contribution is 0.318. The minimum Gasteiger partial charge on any atom is -0.397 e. The predicted molar refractivity (Wildman–Crippen MR) is 56.6 cm³/mol. The first-order chi connectivity index (χ1) is 6.35. The summed E-state index contributed by atoms with van der Waals surface area (Å²) in [4.78, 5) is 0. The van der Waals surface area contributed by atoms with Crippen molar-refractivity contribution < 1.29 is 5.11 Å². The Kier molecular flexibility index (Phi) is 8.62. The van der Waals surface area contributed by atoms with Crippen LogP contribution in [0.15, 0.2) is 30.3 Å². The molecular formula is C11H19NO. The molecule has 0 saturated heterocycles. The number of rotatable bonds is 3. The number of hydrogen-bond acceptors (Lipinski definition) is 2. The molecule has 0 spiro atoms. The van der Waals surface area contributed by atoms with E-state index in [0.717, 1.165) is 13.1 Å². The van der Waals surface area contributed by atoms with Crippen LogP contribution in [0.4, 0.5) is 0 Å². The maximum absolute atomic E-state index is 7.57. The zero-order valence-electron chi connectivity index (χ0n) is 8.46. The predicted octanol–water partition coefficient (Wildman–Crippen LogP) is 1.79. The Hall–Kier alpha value is -0.860. The highest BCUT2D eigenvalue weighted by molar-refractivity contribution is 5.14. The highest BCUT2D eigenvalue weighted by Gasteiger charge is 1.85. The van der Waals surface area contributed by atoms with Crippen LogP contribution < -0.4 is 5.32 Å². The van der Waals surface area contributed by atoms with E-state index in [-0.39, 0.29) is 6.61 Å². The minimum absolute atomic E-state index is 0.250. The van der Waals surface area contributed by atoms with Crippen LogP contribution in [0, 0.1) is 0 Å². The van der Waals surface area contributed by atoms with E-state index in [2.05, 4.69) is 36.5 Å². The lowest BCUT2D eigenvalue weighted by Crippen LogP contribution is -2.11. The van der Waals surface area contributed by atoms with Crippen LogP contribution in [-0.2, 0) is 6.54 Å². The minimum atomic E-state index is 0.250. The molecule has 0 aliphatic rings. The van der Waals surface area contributed by atoms with Crippen LogP contribution in [0.1, 0.15) is 19.4 Å². The van der Waals surface area contributed by atoms with Crippen LogP contribution >= 0.6 is 0 Å². The number of hydrogen-bond donors (Lipinski definition) is 2. The van der Waals surface area contributed by atoms with Gasteiger partial charge in [-0.2, -0.15) is 0 Å². The van der Waals surface area contributed by atoms with Crippen LogP contribution in [-0.4, -0.2) is 18.3 Å². The highest BCUT2D eigenvalue weighted by Crippen LogP contribution is 1.96. The molecular weight excluding hydrogens is 162 g/mol. The Bertz CT molecular complexity index is 187. The van der Waals surface area contributed by atoms with Crippen molar-refractivity contribution in [2.24, 2.45) is 0 Å². The average molecular weight is 181 g/mol. The first kappa shape index (κ1) is 12.1. The van der Waals surface area contributed by atoms with Gasteiger partial charge in [0, 0.05) is 13.2 Å². The Labute approximate surface area is 80.6 Å². The Morgan fingerprint density at radius 1 is 1.15 bits per heavy atom. The maximum Gasteiger partial charge on any atom is 0.0402 e. The second-order valence-electron chi connectivity index (χ2n) is 2.58. The van der Waals surface area contributed by atoms with Crippen LogP contribution in [0.3, 0.4) is 0 Å². The van der Waals surface area contributed by atoms with E-state index in [1.807, 2.05) is 6.07 Å². The SMILES string of the molecule is CCNCc1ccccc1.CCO. The molecule has 0 atom stereocenters. The number of nitrogens with one attached hydrogen (secondary N) is 1. The summed E-state index contributed by atoms with van der Waals surface area (Å²) in [6.07, 6.45) is 0. The topological polar surface area (TPSA) is 32.3 Å². The molecule has 0 amide bonds. The van der Waals surface area contributed by atoms with E-state index in [1.165, 1.54) is 5.56 Å². The first-order valence-electron chi connectivity index (χ1n) is 4.70. The summed E-state index contributed by atoms with van der Waals surface area (Å²) in [7, 11) is 0. The van der Waals surface area contributed by atoms with Crippen LogP contribution in [0.25, 0.3) is 0 Å². The van der Waals surface area contributed by atoms with Gasteiger partial charge in [-0.05, 0) is 19.0 Å². The molecule has 0 aromatic heterocycles. The fourth-order valence-corrected chi connectivity index (χ4v) is 0.865. The highest BCUT2D eigenvalue weighted by atomic mass is 16.2. The fraction of sp³-hybridized carbons (Fsp3) is 0.455. The lowest BCUT2D eigenvalue weighted by Gasteiger charge is -1.99. The molecule has 0 fully saturated rings. The molecule has 1 rings (SSSR count). The fourth-order valence-electron chi connectivity index (χ4n) is 0.865. The van der Waals surface area contributed by atoms with Crippen molar-refractivity contribution in [3.8, 4) is 0 Å². The van der Waals surface area contributed by atoms with Gasteiger partial charge in [-0.15, -0.1) is 0 Å². The largest absolute Gasteiger partial charge is 0.397 e. The molecule has 1 aromatic rings. The van der Waals surface area contributed by atoms with Crippen molar-refractivity contribution in [2.75, 3.05) is 13.2 Å². The van der Waals surface area contributed by atoms with Gasteiger partial charge >= 0.3 is 0 Å². The molecule has 2 N–H and O–H groups in total. The van der Waals surface area contributed by atoms with Gasteiger partial charge < -0.3 is 10.4 Å². The van der Waals surface area contributed by atoms with Crippen LogP contribution in [0.2, 0.25) is 0 Å². The Balaban J connectivity index is 0.000000424. The summed E-state index contributed by atoms with van der Waals surface area (Å²) in [5.74, 6) is 0. The van der Waals surface area contributed by atoms with E-state index in [4.69, 9.17) is 5.11 Å². The zero-order chi connectivity index (χ0) is 9.94. The summed E-state index contributed by atoms with van der Waals surface area (Å²) in [5.41, 5.74) is 1.35. The number of benzene rings is 1. The molecule has 0 aliphatic carbocycles. The second-order valence-corrected chi connectivity index (χ2v) is 2.58. The molecule has 2 nitrogen and oxygen atoms in total. The van der Waals surface area contributed by atoms with Crippen LogP contribution in [0.5, 0.6) is 0 Å². The molecule has 0 radical (unpaired) electrons. The lowest BCUT2D eigenvalue weighted by atomic mass is 10.2. The zero-order valence-corrected chi connectivity index (χ0v) is 8.46. The Morgan fingerprint density at radius 2 is 1.69 bits per heavy atom. The third-order valence-electron chi connectivity index (χ3n) is 1.42. The average Bonchev–Trinajstić information content (AvgIpc) is 2.18. The number of aliphatic hydroxyl groups is 1. The van der Waals surface area contributed by atoms with Gasteiger partial charge in [-0.1, -0.05) is 37.3 Å². The maximum atomic E-state index is 7.57. The second kappa shape index (κ2) is 9.23. The van der Waals surface area contributed by atoms with E-state index in [9.17, 15) is 0 Å². The molecule has 0 saturated carbocycles. The molecule has 1 aromatic carbocycles. The third kappa shape index (κ3) is 7.50. The molecule has 13 heavy (non-hydrogen) atoms. The van der Waals surface area contributed by atoms with Gasteiger partial charge in [0.05, 0.1) is 0 Å². The van der Waals surface area contributed by atoms with Crippen molar-refractivity contribution >= 4 is 0 Å². The van der Waals surface area contributed by atoms with Crippen molar-refractivity contribution in [1.82, 2.24) is 5.32 Å². The summed E-state index contributed by atoms with van der Waals surface area (Å²) in [6.45, 7) is 6.06. The monoisotopic (exact) mass is 181 g/mol. The van der Waals surface area contributed by atoms with Gasteiger partial charge in [0.1, 0.15) is 0 Å². The van der Waals surface area contributed by atoms with Gasteiger partial charge in [-0.25, -0.2) is 0 Å². The van der Waals surface area contributed by atoms with Crippen molar-refractivity contribution in [3.05, 3.63) is 35.9 Å². The smallest absolute Gasteiger partial charge is 0.0402 e. The number of aliphatic hydroxyl groups excluding tert-OH is 1. The normalized spacial score (nSPS) is 8.85. The van der Waals surface area contributed by atoms with E-state index in [0.29, 0.717) is 0 Å². The summed E-state index contributed by atoms with van der Waals surface area (Å²) >= 11 is 0. The van der Waals surface area contributed by atoms with E-state index < -0.39 is 0 Å². The molecule has 2 heteroatoms. The third-order valence-corrected chi connectivity index (χ3v) is 1.42. The van der Waals surface area contributed by atoms with Gasteiger partial charge in [0.2, 0.25) is 0 Å². The van der Waals surface area contributed by atoms with E-state index >= 15 is 0 Å². The van der Waals surface area contributed by atoms with Crippen molar-refractivity contribution in [2.45, 2.75) is 20.4 Å². The summed E-state index contributed by atoms with van der Waals surface area (Å²) in [6, 6.07) is 10.4. The molecule has 74 valence electrons. The summed E-state index contributed by atoms with van der Waals surface area (Å²) < 4.78 is 0. The molecule has 0 unspecified atom stereocenters. The standard InChI is InChI=1S/C9H13N.C2H6O/c1-2-10-8-9-6-4-3-5-7-9;1-2-3/h3-7,10H,2,8H2,1H3;3H,2H2,1H3. The van der Waals surface area contributed by atoms with Gasteiger partial charge in [0.15, 0.2) is 0 Å². The Morgan fingerprint density at radius 3 is 2.15 bits per heavy atom. The van der Waals surface area contributed by atoms with E-state index in [1.54, 1.807) is 6.92 Å². The van der Waals surface area contributed by atoms with Crippen molar-refractivity contribution in [1.29, 1.82) is 0 Å². The molecule has 0 aliphatic heterocycles. The van der Waals surface area contributed by atoms with Crippen molar-refractivity contribution in [3.63, 3.8) is 0 Å². The molecule has 0 heterocycles. The quantitative estimate of drug-likeness (QED) is 0.745. The molecule has 0 bridgehead atoms.